The third-order valence-electron chi connectivity index (χ3n) is 5.06. The first-order valence-corrected chi connectivity index (χ1v) is 9.81. The van der Waals surface area contributed by atoms with Crippen molar-refractivity contribution in [2.45, 2.75) is 19.6 Å². The summed E-state index contributed by atoms with van der Waals surface area (Å²) in [6.45, 7) is -0.103. The van der Waals surface area contributed by atoms with E-state index in [2.05, 4.69) is 5.32 Å². The van der Waals surface area contributed by atoms with E-state index in [1.54, 1.807) is 42.5 Å². The Bertz CT molecular complexity index is 1360. The molecule has 1 amide bonds. The molecule has 0 spiro atoms. The second-order valence-electron chi connectivity index (χ2n) is 7.13. The Balaban J connectivity index is 1.66. The molecular formula is C24H20FN3O3. The summed E-state index contributed by atoms with van der Waals surface area (Å²) in [5.41, 5.74) is 0.767. The van der Waals surface area contributed by atoms with Crippen molar-refractivity contribution < 1.29 is 9.18 Å². The molecule has 6 nitrogen and oxygen atoms in total. The molecular weight excluding hydrogens is 397 g/mol. The summed E-state index contributed by atoms with van der Waals surface area (Å²) in [7, 11) is 0. The third kappa shape index (κ3) is 4.30. The van der Waals surface area contributed by atoms with Crippen molar-refractivity contribution in [3.8, 4) is 0 Å². The molecule has 0 aliphatic heterocycles. The van der Waals surface area contributed by atoms with Gasteiger partial charge in [0.2, 0.25) is 5.91 Å². The van der Waals surface area contributed by atoms with Gasteiger partial charge in [0.15, 0.2) is 0 Å². The van der Waals surface area contributed by atoms with Crippen LogP contribution < -0.4 is 16.4 Å². The number of fused-ring (bicyclic) bond motifs is 1. The summed E-state index contributed by atoms with van der Waals surface area (Å²) < 4.78 is 16.3. The van der Waals surface area contributed by atoms with Gasteiger partial charge in [-0.15, -0.1) is 0 Å². The SMILES string of the molecule is O=C(Cn1c(=O)c(=O)n(Cc2ccccc2)c2ccccc21)NCc1ccccc1F. The molecule has 4 rings (SSSR count). The minimum Gasteiger partial charge on any atom is -0.350 e. The van der Waals surface area contributed by atoms with Crippen molar-refractivity contribution in [2.75, 3.05) is 0 Å². The molecule has 0 atom stereocenters. The average Bonchev–Trinajstić information content (AvgIpc) is 2.80. The standard InChI is InChI=1S/C24H20FN3O3/c25-19-11-5-4-10-18(19)14-26-22(29)16-28-21-13-7-6-12-20(21)27(23(30)24(28)31)15-17-8-2-1-3-9-17/h1-13H,14-16H2,(H,26,29). The van der Waals surface area contributed by atoms with Crippen LogP contribution in [0.15, 0.2) is 88.5 Å². The van der Waals surface area contributed by atoms with Crippen LogP contribution in [-0.4, -0.2) is 15.0 Å². The Morgan fingerprint density at radius 2 is 1.35 bits per heavy atom. The number of para-hydroxylation sites is 2. The van der Waals surface area contributed by atoms with Crippen molar-refractivity contribution in [1.29, 1.82) is 0 Å². The Labute approximate surface area is 177 Å². The number of carbonyl (C=O) groups is 1. The van der Waals surface area contributed by atoms with Crippen LogP contribution in [0.25, 0.3) is 11.0 Å². The van der Waals surface area contributed by atoms with E-state index in [4.69, 9.17) is 0 Å². The van der Waals surface area contributed by atoms with E-state index in [9.17, 15) is 18.8 Å². The molecule has 7 heteroatoms. The number of rotatable bonds is 6. The highest BCUT2D eigenvalue weighted by Crippen LogP contribution is 2.12. The van der Waals surface area contributed by atoms with E-state index in [1.165, 1.54) is 10.6 Å². The zero-order valence-corrected chi connectivity index (χ0v) is 16.6. The maximum absolute atomic E-state index is 13.8. The van der Waals surface area contributed by atoms with Gasteiger partial charge in [0.25, 0.3) is 0 Å². The molecule has 3 aromatic carbocycles. The summed E-state index contributed by atoms with van der Waals surface area (Å²) >= 11 is 0. The Hall–Kier alpha value is -4.00. The second kappa shape index (κ2) is 8.79. The summed E-state index contributed by atoms with van der Waals surface area (Å²) in [6, 6.07) is 22.4. The lowest BCUT2D eigenvalue weighted by Crippen LogP contribution is -2.44. The van der Waals surface area contributed by atoms with Gasteiger partial charge in [0, 0.05) is 12.1 Å². The number of nitrogens with zero attached hydrogens (tertiary/aromatic N) is 2. The van der Waals surface area contributed by atoms with Gasteiger partial charge in [-0.1, -0.05) is 60.7 Å². The van der Waals surface area contributed by atoms with Gasteiger partial charge in [-0.2, -0.15) is 0 Å². The normalized spacial score (nSPS) is 10.9. The fourth-order valence-corrected chi connectivity index (χ4v) is 3.49. The molecule has 0 fully saturated rings. The van der Waals surface area contributed by atoms with Gasteiger partial charge < -0.3 is 5.32 Å². The van der Waals surface area contributed by atoms with Crippen LogP contribution in [0.2, 0.25) is 0 Å². The zero-order valence-electron chi connectivity index (χ0n) is 16.6. The topological polar surface area (TPSA) is 73.1 Å². The van der Waals surface area contributed by atoms with Gasteiger partial charge in [-0.05, 0) is 23.8 Å². The highest BCUT2D eigenvalue weighted by Gasteiger charge is 2.15. The molecule has 0 bridgehead atoms. The number of amides is 1. The number of carbonyl (C=O) groups excluding carboxylic acids is 1. The number of hydrogen-bond donors (Lipinski definition) is 1. The largest absolute Gasteiger partial charge is 0.350 e. The Kier molecular flexibility index (Phi) is 5.75. The van der Waals surface area contributed by atoms with Crippen molar-refractivity contribution in [3.63, 3.8) is 0 Å². The molecule has 0 saturated carbocycles. The monoisotopic (exact) mass is 417 g/mol. The zero-order chi connectivity index (χ0) is 21.8. The Morgan fingerprint density at radius 1 is 0.774 bits per heavy atom. The van der Waals surface area contributed by atoms with Crippen LogP contribution in [0.1, 0.15) is 11.1 Å². The molecule has 1 heterocycles. The lowest BCUT2D eigenvalue weighted by atomic mass is 10.2. The maximum Gasteiger partial charge on any atom is 0.317 e. The van der Waals surface area contributed by atoms with Crippen molar-refractivity contribution in [1.82, 2.24) is 14.5 Å². The van der Waals surface area contributed by atoms with E-state index >= 15 is 0 Å². The molecule has 156 valence electrons. The van der Waals surface area contributed by atoms with Crippen LogP contribution in [0.4, 0.5) is 4.39 Å². The third-order valence-corrected chi connectivity index (χ3v) is 5.06. The summed E-state index contributed by atoms with van der Waals surface area (Å²) in [4.78, 5) is 38.2. The van der Waals surface area contributed by atoms with Gasteiger partial charge in [0.05, 0.1) is 17.6 Å². The molecule has 0 aliphatic carbocycles. The van der Waals surface area contributed by atoms with E-state index < -0.39 is 22.8 Å². The van der Waals surface area contributed by atoms with Crippen LogP contribution in [-0.2, 0) is 24.4 Å². The first-order chi connectivity index (χ1) is 15.0. The van der Waals surface area contributed by atoms with Crippen molar-refractivity contribution >= 4 is 16.9 Å². The number of benzene rings is 3. The summed E-state index contributed by atoms with van der Waals surface area (Å²) in [5, 5.41) is 2.61. The van der Waals surface area contributed by atoms with Crippen LogP contribution in [0, 0.1) is 5.82 Å². The lowest BCUT2D eigenvalue weighted by molar-refractivity contribution is -0.121. The fourth-order valence-electron chi connectivity index (χ4n) is 3.49. The molecule has 0 radical (unpaired) electrons. The van der Waals surface area contributed by atoms with Crippen LogP contribution >= 0.6 is 0 Å². The predicted octanol–water partition coefficient (Wildman–Crippen LogP) is 2.67. The maximum atomic E-state index is 13.8. The molecule has 0 unspecified atom stereocenters. The van der Waals surface area contributed by atoms with E-state index in [-0.39, 0.29) is 19.6 Å². The van der Waals surface area contributed by atoms with Crippen LogP contribution in [0.3, 0.4) is 0 Å². The van der Waals surface area contributed by atoms with Gasteiger partial charge >= 0.3 is 11.1 Å². The molecule has 31 heavy (non-hydrogen) atoms. The summed E-state index contributed by atoms with van der Waals surface area (Å²) in [6.07, 6.45) is 0. The number of halogens is 1. The first kappa shape index (κ1) is 20.3. The first-order valence-electron chi connectivity index (χ1n) is 9.81. The predicted molar refractivity (Wildman–Crippen MR) is 116 cm³/mol. The second-order valence-corrected chi connectivity index (χ2v) is 7.13. The minimum atomic E-state index is -0.782. The van der Waals surface area contributed by atoms with E-state index in [1.807, 2.05) is 30.3 Å². The summed E-state index contributed by atoms with van der Waals surface area (Å²) in [5.74, 6) is -0.912. The number of aromatic nitrogens is 2. The van der Waals surface area contributed by atoms with Crippen molar-refractivity contribution in [2.24, 2.45) is 0 Å². The number of nitrogens with one attached hydrogen (secondary N) is 1. The average molecular weight is 417 g/mol. The smallest absolute Gasteiger partial charge is 0.317 e. The van der Waals surface area contributed by atoms with E-state index in [0.29, 0.717) is 16.6 Å². The molecule has 0 aliphatic rings. The molecule has 1 aromatic heterocycles. The molecule has 1 N–H and O–H groups in total. The van der Waals surface area contributed by atoms with E-state index in [0.717, 1.165) is 10.1 Å². The Morgan fingerprint density at radius 3 is 2.06 bits per heavy atom. The molecule has 0 saturated heterocycles. The highest BCUT2D eigenvalue weighted by molar-refractivity contribution is 5.80. The molecule has 4 aromatic rings. The lowest BCUT2D eigenvalue weighted by Gasteiger charge is -2.15. The minimum absolute atomic E-state index is 0.0107. The quantitative estimate of drug-likeness (QED) is 0.490. The highest BCUT2D eigenvalue weighted by atomic mass is 19.1. The van der Waals surface area contributed by atoms with Gasteiger partial charge in [-0.25, -0.2) is 4.39 Å². The van der Waals surface area contributed by atoms with Crippen molar-refractivity contribution in [3.05, 3.63) is 117 Å². The van der Waals surface area contributed by atoms with Gasteiger partial charge in [0.1, 0.15) is 12.4 Å². The van der Waals surface area contributed by atoms with Crippen LogP contribution in [0.5, 0.6) is 0 Å². The number of hydrogen-bond acceptors (Lipinski definition) is 3. The van der Waals surface area contributed by atoms with Gasteiger partial charge in [-0.3, -0.25) is 23.5 Å². The fraction of sp³-hybridized carbons (Fsp3) is 0.125.